The molecule has 0 radical (unpaired) electrons. The maximum absolute atomic E-state index is 12.0. The molecule has 0 bridgehead atoms. The predicted octanol–water partition coefficient (Wildman–Crippen LogP) is 0.0688. The third kappa shape index (κ3) is 1.71. The van der Waals surface area contributed by atoms with Gasteiger partial charge in [-0.3, -0.25) is 9.69 Å². The molecule has 5 heteroatoms. The summed E-state index contributed by atoms with van der Waals surface area (Å²) in [6, 6.07) is -0.169. The highest BCUT2D eigenvalue weighted by atomic mass is 16.2. The zero-order valence-corrected chi connectivity index (χ0v) is 9.17. The summed E-state index contributed by atoms with van der Waals surface area (Å²) >= 11 is 0. The van der Waals surface area contributed by atoms with Crippen molar-refractivity contribution in [3.05, 3.63) is 0 Å². The second-order valence-corrected chi connectivity index (χ2v) is 4.71. The molecule has 2 heterocycles. The van der Waals surface area contributed by atoms with Crippen molar-refractivity contribution in [1.29, 1.82) is 0 Å². The van der Waals surface area contributed by atoms with Gasteiger partial charge in [0.25, 0.3) is 5.91 Å². The first kappa shape index (κ1) is 10.4. The Bertz CT molecular complexity index is 295. The molecule has 0 atom stereocenters. The summed E-state index contributed by atoms with van der Waals surface area (Å²) in [7, 11) is 0. The van der Waals surface area contributed by atoms with Crippen molar-refractivity contribution >= 4 is 11.9 Å². The van der Waals surface area contributed by atoms with Crippen LogP contribution in [-0.2, 0) is 4.79 Å². The van der Waals surface area contributed by atoms with E-state index in [4.69, 9.17) is 0 Å². The van der Waals surface area contributed by atoms with E-state index >= 15 is 0 Å². The molecule has 2 fully saturated rings. The molecule has 0 aromatic heterocycles. The van der Waals surface area contributed by atoms with E-state index in [0.29, 0.717) is 0 Å². The van der Waals surface area contributed by atoms with Crippen molar-refractivity contribution in [2.75, 3.05) is 13.1 Å². The first-order valence-corrected chi connectivity index (χ1v) is 5.39. The number of piperidine rings is 1. The highest BCUT2D eigenvalue weighted by Crippen LogP contribution is 2.22. The fraction of sp³-hybridized carbons (Fsp3) is 0.800. The number of urea groups is 1. The van der Waals surface area contributed by atoms with Crippen LogP contribution in [0.25, 0.3) is 0 Å². The minimum Gasteiger partial charge on any atom is -0.324 e. The van der Waals surface area contributed by atoms with E-state index in [-0.39, 0.29) is 18.0 Å². The molecule has 0 aromatic carbocycles. The number of rotatable bonds is 1. The van der Waals surface area contributed by atoms with Crippen molar-refractivity contribution in [2.24, 2.45) is 0 Å². The van der Waals surface area contributed by atoms with Gasteiger partial charge >= 0.3 is 6.03 Å². The van der Waals surface area contributed by atoms with Gasteiger partial charge in [-0.1, -0.05) is 0 Å². The Morgan fingerprint density at radius 3 is 2.33 bits per heavy atom. The Morgan fingerprint density at radius 2 is 1.87 bits per heavy atom. The summed E-state index contributed by atoms with van der Waals surface area (Å²) in [4.78, 5) is 25.0. The van der Waals surface area contributed by atoms with Gasteiger partial charge in [0.1, 0.15) is 5.54 Å². The van der Waals surface area contributed by atoms with E-state index in [2.05, 4.69) is 10.6 Å². The fourth-order valence-corrected chi connectivity index (χ4v) is 2.17. The van der Waals surface area contributed by atoms with E-state index in [9.17, 15) is 9.59 Å². The van der Waals surface area contributed by atoms with Gasteiger partial charge in [-0.05, 0) is 39.8 Å². The molecular weight excluding hydrogens is 194 g/mol. The first-order valence-electron chi connectivity index (χ1n) is 5.39. The molecule has 0 spiro atoms. The largest absolute Gasteiger partial charge is 0.325 e. The Balaban J connectivity index is 2.14. The maximum atomic E-state index is 12.0. The number of imide groups is 1. The quantitative estimate of drug-likeness (QED) is 0.603. The topological polar surface area (TPSA) is 61.4 Å². The molecule has 0 aromatic rings. The normalized spacial score (nSPS) is 26.9. The smallest absolute Gasteiger partial charge is 0.324 e. The minimum atomic E-state index is -0.734. The van der Waals surface area contributed by atoms with Crippen molar-refractivity contribution in [2.45, 2.75) is 38.3 Å². The van der Waals surface area contributed by atoms with Crippen LogP contribution >= 0.6 is 0 Å². The molecule has 5 nitrogen and oxygen atoms in total. The fourth-order valence-electron chi connectivity index (χ4n) is 2.17. The van der Waals surface area contributed by atoms with Crippen LogP contribution in [0, 0.1) is 0 Å². The third-order valence-electron chi connectivity index (χ3n) is 3.07. The van der Waals surface area contributed by atoms with Gasteiger partial charge in [0.2, 0.25) is 0 Å². The van der Waals surface area contributed by atoms with Crippen molar-refractivity contribution in [3.8, 4) is 0 Å². The van der Waals surface area contributed by atoms with Gasteiger partial charge in [0.05, 0.1) is 0 Å². The highest BCUT2D eigenvalue weighted by Gasteiger charge is 2.47. The van der Waals surface area contributed by atoms with Crippen molar-refractivity contribution in [3.63, 3.8) is 0 Å². The van der Waals surface area contributed by atoms with Crippen LogP contribution in [0.15, 0.2) is 0 Å². The van der Waals surface area contributed by atoms with Crippen LogP contribution in [0.4, 0.5) is 4.79 Å². The number of nitrogens with zero attached hydrogens (tertiary/aromatic N) is 1. The monoisotopic (exact) mass is 211 g/mol. The van der Waals surface area contributed by atoms with Gasteiger partial charge in [-0.25, -0.2) is 4.79 Å². The summed E-state index contributed by atoms with van der Waals surface area (Å²) in [5, 5.41) is 5.93. The maximum Gasteiger partial charge on any atom is 0.325 e. The lowest BCUT2D eigenvalue weighted by atomic mass is 10.0. The molecule has 84 valence electrons. The second kappa shape index (κ2) is 3.48. The molecule has 2 rings (SSSR count). The molecule has 0 saturated carbocycles. The molecule has 2 saturated heterocycles. The summed E-state index contributed by atoms with van der Waals surface area (Å²) < 4.78 is 0. The average Bonchev–Trinajstić information content (AvgIpc) is 2.38. The van der Waals surface area contributed by atoms with E-state index in [1.54, 1.807) is 13.8 Å². The van der Waals surface area contributed by atoms with Crippen molar-refractivity contribution < 1.29 is 9.59 Å². The molecule has 3 amide bonds. The van der Waals surface area contributed by atoms with E-state index in [0.717, 1.165) is 25.9 Å². The van der Waals surface area contributed by atoms with E-state index < -0.39 is 5.54 Å². The Morgan fingerprint density at radius 1 is 1.27 bits per heavy atom. The SMILES string of the molecule is CC1(C)NC(=O)N(C2CCNCC2)C1=O. The lowest BCUT2D eigenvalue weighted by Crippen LogP contribution is -2.47. The first-order chi connectivity index (χ1) is 7.02. The third-order valence-corrected chi connectivity index (χ3v) is 3.07. The Labute approximate surface area is 89.2 Å². The average molecular weight is 211 g/mol. The van der Waals surface area contributed by atoms with Gasteiger partial charge in [-0.2, -0.15) is 0 Å². The lowest BCUT2D eigenvalue weighted by molar-refractivity contribution is -0.132. The second-order valence-electron chi connectivity index (χ2n) is 4.71. The molecule has 15 heavy (non-hydrogen) atoms. The van der Waals surface area contributed by atoms with Crippen LogP contribution in [0.2, 0.25) is 0 Å². The number of carbonyl (C=O) groups excluding carboxylic acids is 2. The molecule has 0 aliphatic carbocycles. The Hall–Kier alpha value is -1.10. The summed E-state index contributed by atoms with van der Waals surface area (Å²) in [5.41, 5.74) is -0.734. The zero-order valence-electron chi connectivity index (χ0n) is 9.17. The predicted molar refractivity (Wildman–Crippen MR) is 55.3 cm³/mol. The van der Waals surface area contributed by atoms with Gasteiger partial charge in [0, 0.05) is 6.04 Å². The summed E-state index contributed by atoms with van der Waals surface area (Å²) in [6.45, 7) is 5.24. The number of hydrogen-bond acceptors (Lipinski definition) is 3. The van der Waals surface area contributed by atoms with Gasteiger partial charge in [0.15, 0.2) is 0 Å². The minimum absolute atomic E-state index is 0.0699. The van der Waals surface area contributed by atoms with Crippen LogP contribution in [0.1, 0.15) is 26.7 Å². The van der Waals surface area contributed by atoms with Gasteiger partial charge in [-0.15, -0.1) is 0 Å². The molecule has 2 aliphatic rings. The highest BCUT2D eigenvalue weighted by molar-refractivity contribution is 6.06. The zero-order chi connectivity index (χ0) is 11.1. The summed E-state index contributed by atoms with van der Waals surface area (Å²) in [6.07, 6.45) is 1.71. The number of amides is 3. The van der Waals surface area contributed by atoms with E-state index in [1.165, 1.54) is 4.90 Å². The Kier molecular flexibility index (Phi) is 2.42. The van der Waals surface area contributed by atoms with E-state index in [1.807, 2.05) is 0 Å². The molecule has 0 unspecified atom stereocenters. The van der Waals surface area contributed by atoms with Crippen LogP contribution in [-0.4, -0.2) is 41.5 Å². The number of nitrogens with one attached hydrogen (secondary N) is 2. The summed E-state index contributed by atoms with van der Waals surface area (Å²) in [5.74, 6) is -0.0978. The number of carbonyl (C=O) groups is 2. The van der Waals surface area contributed by atoms with Crippen LogP contribution < -0.4 is 10.6 Å². The van der Waals surface area contributed by atoms with Crippen LogP contribution in [0.3, 0.4) is 0 Å². The molecule has 2 N–H and O–H groups in total. The van der Waals surface area contributed by atoms with Gasteiger partial charge < -0.3 is 10.6 Å². The molecule has 2 aliphatic heterocycles. The molecular formula is C10H17N3O2. The number of hydrogen-bond donors (Lipinski definition) is 2. The van der Waals surface area contributed by atoms with Crippen LogP contribution in [0.5, 0.6) is 0 Å². The standard InChI is InChI=1S/C10H17N3O2/c1-10(2)8(14)13(9(15)12-10)7-3-5-11-6-4-7/h7,11H,3-6H2,1-2H3,(H,12,15). The lowest BCUT2D eigenvalue weighted by Gasteiger charge is -2.29. The van der Waals surface area contributed by atoms with Crippen molar-refractivity contribution in [1.82, 2.24) is 15.5 Å².